The van der Waals surface area contributed by atoms with Gasteiger partial charge in [0, 0.05) is 0 Å². The highest BCUT2D eigenvalue weighted by atomic mass is 16.7. The van der Waals surface area contributed by atoms with Crippen LogP contribution >= 0.6 is 0 Å². The summed E-state index contributed by atoms with van der Waals surface area (Å²) in [6.07, 6.45) is -0.918. The maximum atomic E-state index is 11.9. The van der Waals surface area contributed by atoms with Crippen LogP contribution in [0.1, 0.15) is 41.5 Å². The van der Waals surface area contributed by atoms with Gasteiger partial charge in [0.1, 0.15) is 11.6 Å². The summed E-state index contributed by atoms with van der Waals surface area (Å²) in [6.45, 7) is 9.97. The highest BCUT2D eigenvalue weighted by Crippen LogP contribution is 2.20. The van der Waals surface area contributed by atoms with E-state index in [0.717, 1.165) is 5.06 Å². The average Bonchev–Trinajstić information content (AvgIpc) is 2.33. The number of hydrogen-bond acceptors (Lipinski definition) is 6. The van der Waals surface area contributed by atoms with Gasteiger partial charge in [0.2, 0.25) is 0 Å². The number of rotatable bonds is 5. The quantitative estimate of drug-likeness (QED) is 0.600. The van der Waals surface area contributed by atoms with Crippen molar-refractivity contribution in [3.63, 3.8) is 0 Å². The molecule has 8 nitrogen and oxygen atoms in total. The standard InChI is InChI=1S/C14H24N2O6/c1-8(2)21-10(17)7-20-16-9(3)11(12(16)18)15-13(19)22-14(4,5)6/h8-9,11H,7H2,1-6H3,(H,15,19)/t9-,11-/m0/s1. The minimum atomic E-state index is -0.726. The van der Waals surface area contributed by atoms with Crippen molar-refractivity contribution >= 4 is 18.0 Å². The number of carbonyl (C=O) groups excluding carboxylic acids is 3. The Kier molecular flexibility index (Phi) is 5.76. The van der Waals surface area contributed by atoms with Gasteiger partial charge in [0.15, 0.2) is 6.61 Å². The highest BCUT2D eigenvalue weighted by molar-refractivity contribution is 5.91. The second-order valence-corrected chi connectivity index (χ2v) is 6.34. The number of ether oxygens (including phenoxy) is 2. The zero-order chi connectivity index (χ0) is 17.1. The van der Waals surface area contributed by atoms with Gasteiger partial charge in [-0.05, 0) is 41.5 Å². The molecular formula is C14H24N2O6. The second-order valence-electron chi connectivity index (χ2n) is 6.34. The molecule has 0 spiro atoms. The third-order valence-electron chi connectivity index (χ3n) is 2.70. The van der Waals surface area contributed by atoms with Gasteiger partial charge in [-0.2, -0.15) is 0 Å². The Bertz CT molecular complexity index is 443. The van der Waals surface area contributed by atoms with Crippen LogP contribution < -0.4 is 5.32 Å². The fourth-order valence-corrected chi connectivity index (χ4v) is 1.81. The van der Waals surface area contributed by atoms with E-state index in [-0.39, 0.29) is 12.7 Å². The molecule has 2 atom stereocenters. The summed E-state index contributed by atoms with van der Waals surface area (Å²) in [4.78, 5) is 40.0. The monoisotopic (exact) mass is 316 g/mol. The molecule has 2 amide bonds. The Morgan fingerprint density at radius 1 is 1.32 bits per heavy atom. The topological polar surface area (TPSA) is 94.2 Å². The molecule has 0 aromatic heterocycles. The summed E-state index contributed by atoms with van der Waals surface area (Å²) in [5, 5.41) is 3.52. The molecule has 0 aromatic carbocycles. The molecule has 1 aliphatic rings. The third-order valence-corrected chi connectivity index (χ3v) is 2.70. The normalized spacial score (nSPS) is 21.4. The molecule has 1 rings (SSSR count). The van der Waals surface area contributed by atoms with Crippen molar-refractivity contribution in [3.05, 3.63) is 0 Å². The Labute approximate surface area is 130 Å². The SMILES string of the molecule is CC(C)OC(=O)CON1C(=O)[C@@H](NC(=O)OC(C)(C)C)[C@@H]1C. The van der Waals surface area contributed by atoms with Gasteiger partial charge in [-0.25, -0.2) is 14.7 Å². The third kappa shape index (κ3) is 5.18. The number of hydroxylamine groups is 2. The van der Waals surface area contributed by atoms with E-state index < -0.39 is 35.7 Å². The first kappa shape index (κ1) is 18.2. The van der Waals surface area contributed by atoms with E-state index in [1.165, 1.54) is 0 Å². The lowest BCUT2D eigenvalue weighted by molar-refractivity contribution is -0.234. The number of alkyl carbamates (subject to hydrolysis) is 1. The van der Waals surface area contributed by atoms with Crippen LogP contribution in [0.4, 0.5) is 4.79 Å². The molecule has 0 aliphatic carbocycles. The summed E-state index contributed by atoms with van der Waals surface area (Å²) in [5.74, 6) is -0.991. The molecule has 0 saturated carbocycles. The van der Waals surface area contributed by atoms with Crippen LogP contribution in [0.15, 0.2) is 0 Å². The first-order chi connectivity index (χ1) is 10.0. The van der Waals surface area contributed by atoms with Gasteiger partial charge in [0.05, 0.1) is 12.1 Å². The van der Waals surface area contributed by atoms with Gasteiger partial charge in [-0.15, -0.1) is 0 Å². The Morgan fingerprint density at radius 2 is 1.91 bits per heavy atom. The number of amides is 2. The Morgan fingerprint density at radius 3 is 2.36 bits per heavy atom. The lowest BCUT2D eigenvalue weighted by Gasteiger charge is -2.43. The van der Waals surface area contributed by atoms with E-state index >= 15 is 0 Å². The van der Waals surface area contributed by atoms with Crippen molar-refractivity contribution in [2.24, 2.45) is 0 Å². The van der Waals surface area contributed by atoms with Crippen molar-refractivity contribution in [3.8, 4) is 0 Å². The molecule has 1 aliphatic heterocycles. The van der Waals surface area contributed by atoms with Crippen molar-refractivity contribution in [1.82, 2.24) is 10.4 Å². The number of nitrogens with zero attached hydrogens (tertiary/aromatic N) is 1. The molecule has 1 N–H and O–H groups in total. The fraction of sp³-hybridized carbons (Fsp3) is 0.786. The number of β-lactam (4-membered cyclic amide) rings is 1. The summed E-state index contributed by atoms with van der Waals surface area (Å²) in [7, 11) is 0. The summed E-state index contributed by atoms with van der Waals surface area (Å²) >= 11 is 0. The van der Waals surface area contributed by atoms with Gasteiger partial charge < -0.3 is 14.8 Å². The lowest BCUT2D eigenvalue weighted by Crippen LogP contribution is -2.69. The molecule has 126 valence electrons. The van der Waals surface area contributed by atoms with Crippen LogP contribution in [0, 0.1) is 0 Å². The van der Waals surface area contributed by atoms with E-state index in [4.69, 9.17) is 14.3 Å². The maximum Gasteiger partial charge on any atom is 0.408 e. The molecule has 1 heterocycles. The van der Waals surface area contributed by atoms with Crippen LogP contribution in [-0.2, 0) is 23.9 Å². The van der Waals surface area contributed by atoms with E-state index in [1.54, 1.807) is 41.5 Å². The number of esters is 1. The van der Waals surface area contributed by atoms with E-state index in [0.29, 0.717) is 0 Å². The van der Waals surface area contributed by atoms with Gasteiger partial charge in [-0.1, -0.05) is 0 Å². The fourth-order valence-electron chi connectivity index (χ4n) is 1.81. The molecular weight excluding hydrogens is 292 g/mol. The first-order valence-corrected chi connectivity index (χ1v) is 7.16. The van der Waals surface area contributed by atoms with Crippen molar-refractivity contribution in [2.75, 3.05) is 6.61 Å². The van der Waals surface area contributed by atoms with Crippen molar-refractivity contribution < 1.29 is 28.7 Å². The molecule has 1 saturated heterocycles. The molecule has 0 bridgehead atoms. The van der Waals surface area contributed by atoms with Gasteiger partial charge >= 0.3 is 12.1 Å². The predicted octanol–water partition coefficient (Wildman–Crippen LogP) is 0.994. The molecule has 0 radical (unpaired) electrons. The second kappa shape index (κ2) is 6.95. The van der Waals surface area contributed by atoms with Crippen LogP contribution in [0.25, 0.3) is 0 Å². The maximum absolute atomic E-state index is 11.9. The first-order valence-electron chi connectivity index (χ1n) is 7.16. The van der Waals surface area contributed by atoms with Gasteiger partial charge in [-0.3, -0.25) is 9.63 Å². The zero-order valence-corrected chi connectivity index (χ0v) is 13.8. The minimum Gasteiger partial charge on any atom is -0.461 e. The molecule has 0 unspecified atom stereocenters. The van der Waals surface area contributed by atoms with E-state index in [9.17, 15) is 14.4 Å². The summed E-state index contributed by atoms with van der Waals surface area (Å²) < 4.78 is 9.98. The summed E-state index contributed by atoms with van der Waals surface area (Å²) in [5.41, 5.74) is -0.642. The van der Waals surface area contributed by atoms with E-state index in [2.05, 4.69) is 5.32 Å². The van der Waals surface area contributed by atoms with Crippen LogP contribution in [0.2, 0.25) is 0 Å². The Balaban J connectivity index is 2.40. The van der Waals surface area contributed by atoms with Crippen molar-refractivity contribution in [2.45, 2.75) is 65.3 Å². The van der Waals surface area contributed by atoms with Gasteiger partial charge in [0.25, 0.3) is 5.91 Å². The molecule has 1 fully saturated rings. The smallest absolute Gasteiger partial charge is 0.408 e. The van der Waals surface area contributed by atoms with Crippen LogP contribution in [-0.4, -0.2) is 53.4 Å². The predicted molar refractivity (Wildman–Crippen MR) is 76.6 cm³/mol. The van der Waals surface area contributed by atoms with E-state index in [1.807, 2.05) is 0 Å². The minimum absolute atomic E-state index is 0.248. The molecule has 0 aromatic rings. The highest BCUT2D eigenvalue weighted by Gasteiger charge is 2.47. The number of nitrogens with one attached hydrogen (secondary N) is 1. The lowest BCUT2D eigenvalue weighted by atomic mass is 10.0. The number of carbonyl (C=O) groups is 3. The Hall–Kier alpha value is -1.83. The summed E-state index contributed by atoms with van der Waals surface area (Å²) in [6, 6.07) is -1.12. The zero-order valence-electron chi connectivity index (χ0n) is 13.8. The molecule has 22 heavy (non-hydrogen) atoms. The number of hydrogen-bond donors (Lipinski definition) is 1. The average molecular weight is 316 g/mol. The molecule has 8 heteroatoms. The largest absolute Gasteiger partial charge is 0.461 e. The van der Waals surface area contributed by atoms with Crippen LogP contribution in [0.5, 0.6) is 0 Å². The van der Waals surface area contributed by atoms with Crippen LogP contribution in [0.3, 0.4) is 0 Å². The van der Waals surface area contributed by atoms with Crippen molar-refractivity contribution in [1.29, 1.82) is 0 Å².